The average molecular weight is 274 g/mol. The standard InChI is InChI=1S/C12H17ClN2O3/c1-5-18-11-7-6-9(8-10(11)13)14-12(16)15(2,3)17-4/h6-8H,5H2,1-4H3/p+1. The zero-order chi connectivity index (χ0) is 13.8. The molecular weight excluding hydrogens is 256 g/mol. The molecule has 0 unspecified atom stereocenters. The number of ether oxygens (including phenoxy) is 1. The lowest BCUT2D eigenvalue weighted by atomic mass is 10.3. The largest absolute Gasteiger partial charge is 0.492 e. The minimum absolute atomic E-state index is 0.231. The van der Waals surface area contributed by atoms with Gasteiger partial charge in [0.25, 0.3) is 0 Å². The highest BCUT2D eigenvalue weighted by Gasteiger charge is 2.27. The van der Waals surface area contributed by atoms with Crippen LogP contribution in [0, 0.1) is 0 Å². The molecule has 0 saturated carbocycles. The van der Waals surface area contributed by atoms with E-state index in [0.717, 1.165) is 0 Å². The summed E-state index contributed by atoms with van der Waals surface area (Å²) in [5, 5.41) is 3.17. The molecule has 0 atom stereocenters. The van der Waals surface area contributed by atoms with Crippen molar-refractivity contribution >= 4 is 23.3 Å². The van der Waals surface area contributed by atoms with E-state index in [9.17, 15) is 4.79 Å². The fourth-order valence-corrected chi connectivity index (χ4v) is 1.43. The average Bonchev–Trinajstić information content (AvgIpc) is 2.32. The van der Waals surface area contributed by atoms with E-state index >= 15 is 0 Å². The first-order valence-corrected chi connectivity index (χ1v) is 5.92. The Morgan fingerprint density at radius 2 is 2.11 bits per heavy atom. The van der Waals surface area contributed by atoms with Crippen molar-refractivity contribution in [1.29, 1.82) is 0 Å². The number of rotatable bonds is 4. The van der Waals surface area contributed by atoms with Crippen LogP contribution in [0.5, 0.6) is 5.75 Å². The van der Waals surface area contributed by atoms with Crippen LogP contribution in [-0.2, 0) is 4.84 Å². The number of benzene rings is 1. The Morgan fingerprint density at radius 3 is 2.61 bits per heavy atom. The summed E-state index contributed by atoms with van der Waals surface area (Å²) in [6.45, 7) is 2.42. The maximum Gasteiger partial charge on any atom is 0.453 e. The Balaban J connectivity index is 2.81. The Kier molecular flexibility index (Phi) is 4.95. The Labute approximate surface area is 112 Å². The quantitative estimate of drug-likeness (QED) is 0.678. The number of carbonyl (C=O) groups excluding carboxylic acids is 1. The van der Waals surface area contributed by atoms with Gasteiger partial charge in [-0.25, -0.2) is 4.79 Å². The molecule has 0 aliphatic heterocycles. The van der Waals surface area contributed by atoms with Crippen molar-refractivity contribution in [2.45, 2.75) is 6.92 Å². The summed E-state index contributed by atoms with van der Waals surface area (Å²) < 4.78 is 5.08. The monoisotopic (exact) mass is 273 g/mol. The van der Waals surface area contributed by atoms with Crippen molar-refractivity contribution in [3.63, 3.8) is 0 Å². The van der Waals surface area contributed by atoms with Crippen LogP contribution in [0.25, 0.3) is 0 Å². The van der Waals surface area contributed by atoms with Gasteiger partial charge in [0.2, 0.25) is 0 Å². The number of hydrogen-bond donors (Lipinski definition) is 1. The van der Waals surface area contributed by atoms with Crippen molar-refractivity contribution < 1.29 is 19.0 Å². The van der Waals surface area contributed by atoms with Crippen LogP contribution in [0.4, 0.5) is 10.5 Å². The summed E-state index contributed by atoms with van der Waals surface area (Å²) in [4.78, 5) is 16.9. The molecule has 6 heteroatoms. The third-order valence-electron chi connectivity index (χ3n) is 2.43. The number of quaternary nitrogens is 1. The van der Waals surface area contributed by atoms with Crippen molar-refractivity contribution in [2.75, 3.05) is 33.1 Å². The summed E-state index contributed by atoms with van der Waals surface area (Å²) in [5.41, 5.74) is 0.594. The van der Waals surface area contributed by atoms with Crippen molar-refractivity contribution in [1.82, 2.24) is 0 Å². The van der Waals surface area contributed by atoms with Crippen molar-refractivity contribution in [3.8, 4) is 5.75 Å². The first kappa shape index (κ1) is 14.8. The summed E-state index contributed by atoms with van der Waals surface area (Å²) in [6, 6.07) is 4.79. The molecule has 1 N–H and O–H groups in total. The van der Waals surface area contributed by atoms with Gasteiger partial charge in [0.1, 0.15) is 19.8 Å². The fraction of sp³-hybridized carbons (Fsp3) is 0.417. The van der Waals surface area contributed by atoms with E-state index in [2.05, 4.69) is 5.32 Å². The van der Waals surface area contributed by atoms with Crippen LogP contribution in [0.1, 0.15) is 6.92 Å². The second-order valence-electron chi connectivity index (χ2n) is 4.04. The van der Waals surface area contributed by atoms with Gasteiger partial charge in [0.15, 0.2) is 0 Å². The summed E-state index contributed by atoms with van der Waals surface area (Å²) in [6.07, 6.45) is 0. The van der Waals surface area contributed by atoms with E-state index in [1.165, 1.54) is 7.11 Å². The number of hydrogen-bond acceptors (Lipinski definition) is 3. The predicted octanol–water partition coefficient (Wildman–Crippen LogP) is 2.91. The Morgan fingerprint density at radius 1 is 1.44 bits per heavy atom. The van der Waals surface area contributed by atoms with Gasteiger partial charge < -0.3 is 4.74 Å². The Hall–Kier alpha value is -1.30. The molecule has 100 valence electrons. The summed E-state index contributed by atoms with van der Waals surface area (Å²) >= 11 is 6.03. The zero-order valence-electron chi connectivity index (χ0n) is 11.0. The molecule has 0 heterocycles. The normalized spacial score (nSPS) is 11.2. The first-order chi connectivity index (χ1) is 8.40. The molecule has 0 fully saturated rings. The van der Waals surface area contributed by atoms with Gasteiger partial charge in [-0.05, 0) is 25.1 Å². The molecule has 0 radical (unpaired) electrons. The van der Waals surface area contributed by atoms with Gasteiger partial charge in [-0.2, -0.15) is 4.84 Å². The van der Waals surface area contributed by atoms with Gasteiger partial charge in [0.05, 0.1) is 18.7 Å². The SMILES string of the molecule is CCOc1ccc(NC(=O)[N+](C)(C)OC)cc1Cl. The second-order valence-corrected chi connectivity index (χ2v) is 4.45. The molecule has 0 aliphatic rings. The van der Waals surface area contributed by atoms with E-state index in [1.54, 1.807) is 32.3 Å². The molecule has 1 rings (SSSR count). The Bertz CT molecular complexity index is 435. The number of halogens is 1. The van der Waals surface area contributed by atoms with E-state index in [1.807, 2.05) is 6.92 Å². The molecule has 2 amide bonds. The lowest BCUT2D eigenvalue weighted by Gasteiger charge is -2.21. The highest BCUT2D eigenvalue weighted by molar-refractivity contribution is 6.32. The minimum atomic E-state index is -0.294. The number of carbonyl (C=O) groups is 1. The number of hydroxylamine groups is 3. The van der Waals surface area contributed by atoms with Gasteiger partial charge in [-0.15, -0.1) is 4.65 Å². The molecule has 1 aromatic rings. The molecule has 0 aliphatic carbocycles. The minimum Gasteiger partial charge on any atom is -0.492 e. The third-order valence-corrected chi connectivity index (χ3v) is 2.72. The third kappa shape index (κ3) is 3.60. The van der Waals surface area contributed by atoms with E-state index in [0.29, 0.717) is 23.1 Å². The molecule has 5 nitrogen and oxygen atoms in total. The van der Waals surface area contributed by atoms with E-state index in [4.69, 9.17) is 21.2 Å². The van der Waals surface area contributed by atoms with E-state index in [-0.39, 0.29) is 10.7 Å². The van der Waals surface area contributed by atoms with Gasteiger partial charge >= 0.3 is 6.03 Å². The van der Waals surface area contributed by atoms with E-state index < -0.39 is 0 Å². The number of nitrogens with one attached hydrogen (secondary N) is 1. The van der Waals surface area contributed by atoms with Crippen molar-refractivity contribution in [2.24, 2.45) is 0 Å². The van der Waals surface area contributed by atoms with Crippen LogP contribution >= 0.6 is 11.6 Å². The number of amides is 2. The summed E-state index contributed by atoms with van der Waals surface area (Å²) in [7, 11) is 4.72. The van der Waals surface area contributed by atoms with Gasteiger partial charge in [-0.1, -0.05) is 11.6 Å². The maximum atomic E-state index is 11.8. The number of urea groups is 1. The predicted molar refractivity (Wildman–Crippen MR) is 70.8 cm³/mol. The molecule has 0 bridgehead atoms. The molecular formula is C12H18ClN2O3+. The molecule has 0 aromatic heterocycles. The topological polar surface area (TPSA) is 47.6 Å². The van der Waals surface area contributed by atoms with Crippen LogP contribution in [0.3, 0.4) is 0 Å². The lowest BCUT2D eigenvalue weighted by Crippen LogP contribution is -2.47. The van der Waals surface area contributed by atoms with Gasteiger partial charge in [0, 0.05) is 5.69 Å². The fourth-order valence-electron chi connectivity index (χ4n) is 1.19. The number of nitrogens with zero attached hydrogens (tertiary/aromatic N) is 1. The van der Waals surface area contributed by atoms with Crippen LogP contribution in [-0.4, -0.2) is 38.5 Å². The van der Waals surface area contributed by atoms with Crippen LogP contribution < -0.4 is 10.1 Å². The van der Waals surface area contributed by atoms with Crippen LogP contribution in [0.15, 0.2) is 18.2 Å². The molecule has 1 aromatic carbocycles. The molecule has 18 heavy (non-hydrogen) atoms. The molecule has 0 spiro atoms. The smallest absolute Gasteiger partial charge is 0.453 e. The highest BCUT2D eigenvalue weighted by atomic mass is 35.5. The van der Waals surface area contributed by atoms with Crippen molar-refractivity contribution in [3.05, 3.63) is 23.2 Å². The summed E-state index contributed by atoms with van der Waals surface area (Å²) in [5.74, 6) is 0.595. The number of anilines is 1. The lowest BCUT2D eigenvalue weighted by molar-refractivity contribution is -1.00. The molecule has 0 saturated heterocycles. The van der Waals surface area contributed by atoms with Gasteiger partial charge in [-0.3, -0.25) is 5.32 Å². The first-order valence-electron chi connectivity index (χ1n) is 5.54. The van der Waals surface area contributed by atoms with Crippen LogP contribution in [0.2, 0.25) is 5.02 Å². The second kappa shape index (κ2) is 6.04. The maximum absolute atomic E-state index is 11.8. The highest BCUT2D eigenvalue weighted by Crippen LogP contribution is 2.27. The zero-order valence-corrected chi connectivity index (χ0v) is 11.7.